The van der Waals surface area contributed by atoms with E-state index in [1.54, 1.807) is 18.2 Å². The maximum absolute atomic E-state index is 12.5. The molecular weight excluding hydrogens is 312 g/mol. The summed E-state index contributed by atoms with van der Waals surface area (Å²) in [7, 11) is 0. The molecule has 3 aromatic rings. The number of aryl methyl sites for hydroxylation is 2. The molecule has 0 spiro atoms. The maximum Gasteiger partial charge on any atom is 0.261 e. The first-order valence-corrected chi connectivity index (χ1v) is 7.58. The van der Waals surface area contributed by atoms with Crippen LogP contribution in [0.5, 0.6) is 0 Å². The van der Waals surface area contributed by atoms with Gasteiger partial charge in [0.1, 0.15) is 0 Å². The van der Waals surface area contributed by atoms with Crippen LogP contribution in [0.3, 0.4) is 0 Å². The topological polar surface area (TPSA) is 52.0 Å². The van der Waals surface area contributed by atoms with Gasteiger partial charge in [0, 0.05) is 10.6 Å². The van der Waals surface area contributed by atoms with Crippen LogP contribution >= 0.6 is 11.6 Å². The number of Topliss-reactive ketones (excluding diaryl/α,β-unsaturated/α-hetero) is 1. The Morgan fingerprint density at radius 2 is 1.96 bits per heavy atom. The van der Waals surface area contributed by atoms with E-state index in [2.05, 4.69) is 4.98 Å². The predicted molar refractivity (Wildman–Crippen MR) is 91.3 cm³/mol. The van der Waals surface area contributed by atoms with Gasteiger partial charge >= 0.3 is 0 Å². The van der Waals surface area contributed by atoms with Crippen LogP contribution in [0, 0.1) is 13.8 Å². The number of ketones is 1. The summed E-state index contributed by atoms with van der Waals surface area (Å²) in [6.07, 6.45) is 1.39. The van der Waals surface area contributed by atoms with Gasteiger partial charge < -0.3 is 0 Å². The summed E-state index contributed by atoms with van der Waals surface area (Å²) in [5.74, 6) is -0.108. The molecule has 0 atom stereocenters. The number of nitrogens with zero attached hydrogens (tertiary/aromatic N) is 2. The Morgan fingerprint density at radius 1 is 1.17 bits per heavy atom. The molecule has 0 aliphatic heterocycles. The number of benzene rings is 2. The maximum atomic E-state index is 12.5. The minimum atomic E-state index is -0.245. The highest BCUT2D eigenvalue weighted by Crippen LogP contribution is 2.15. The highest BCUT2D eigenvalue weighted by molar-refractivity contribution is 6.31. The number of hydrogen-bond donors (Lipinski definition) is 0. The fourth-order valence-electron chi connectivity index (χ4n) is 2.52. The minimum absolute atomic E-state index is 0.0330. The van der Waals surface area contributed by atoms with Crippen molar-refractivity contribution in [3.05, 3.63) is 74.8 Å². The van der Waals surface area contributed by atoms with Gasteiger partial charge in [0.25, 0.3) is 5.56 Å². The number of rotatable bonds is 3. The molecule has 1 heterocycles. The van der Waals surface area contributed by atoms with E-state index in [0.717, 1.165) is 11.1 Å². The van der Waals surface area contributed by atoms with Crippen molar-refractivity contribution < 1.29 is 4.79 Å². The Hall–Kier alpha value is -2.46. The first-order chi connectivity index (χ1) is 11.0. The van der Waals surface area contributed by atoms with E-state index >= 15 is 0 Å². The van der Waals surface area contributed by atoms with Gasteiger partial charge in [-0.05, 0) is 43.7 Å². The molecule has 0 aliphatic carbocycles. The highest BCUT2D eigenvalue weighted by atomic mass is 35.5. The van der Waals surface area contributed by atoms with Crippen molar-refractivity contribution in [2.75, 3.05) is 0 Å². The molecule has 0 aliphatic rings. The van der Waals surface area contributed by atoms with Gasteiger partial charge in [0.2, 0.25) is 0 Å². The number of carbonyl (C=O) groups excluding carboxylic acids is 1. The number of carbonyl (C=O) groups is 1. The van der Waals surface area contributed by atoms with Gasteiger partial charge in [-0.15, -0.1) is 0 Å². The van der Waals surface area contributed by atoms with Gasteiger partial charge in [0.05, 0.1) is 23.8 Å². The molecule has 0 saturated carbocycles. The van der Waals surface area contributed by atoms with Crippen LogP contribution in [0.1, 0.15) is 21.5 Å². The summed E-state index contributed by atoms with van der Waals surface area (Å²) in [4.78, 5) is 29.2. The van der Waals surface area contributed by atoms with Crippen molar-refractivity contribution in [1.29, 1.82) is 0 Å². The first-order valence-electron chi connectivity index (χ1n) is 7.21. The van der Waals surface area contributed by atoms with E-state index in [-0.39, 0.29) is 17.9 Å². The van der Waals surface area contributed by atoms with Crippen LogP contribution in [0.25, 0.3) is 10.9 Å². The molecule has 0 fully saturated rings. The van der Waals surface area contributed by atoms with Crippen molar-refractivity contribution in [2.45, 2.75) is 20.4 Å². The Labute approximate surface area is 138 Å². The van der Waals surface area contributed by atoms with E-state index < -0.39 is 0 Å². The molecule has 0 saturated heterocycles. The smallest absolute Gasteiger partial charge is 0.261 e. The summed E-state index contributed by atoms with van der Waals surface area (Å²) >= 11 is 5.90. The molecule has 1 aromatic heterocycles. The predicted octanol–water partition coefficient (Wildman–Crippen LogP) is 3.55. The number of hydrogen-bond acceptors (Lipinski definition) is 3. The zero-order valence-electron chi connectivity index (χ0n) is 12.8. The number of aromatic nitrogens is 2. The molecule has 23 heavy (non-hydrogen) atoms. The second kappa shape index (κ2) is 5.97. The van der Waals surface area contributed by atoms with Gasteiger partial charge in [-0.2, -0.15) is 0 Å². The lowest BCUT2D eigenvalue weighted by Crippen LogP contribution is -2.25. The summed E-state index contributed by atoms with van der Waals surface area (Å²) < 4.78 is 1.33. The average molecular weight is 327 g/mol. The normalized spacial score (nSPS) is 10.9. The third-order valence-corrected chi connectivity index (χ3v) is 4.03. The summed E-state index contributed by atoms with van der Waals surface area (Å²) in [6, 6.07) is 10.6. The SMILES string of the molecule is Cc1ccc(C)c(C(=O)Cn2cnc3cc(Cl)ccc3c2=O)c1. The van der Waals surface area contributed by atoms with Crippen molar-refractivity contribution in [3.8, 4) is 0 Å². The van der Waals surface area contributed by atoms with E-state index in [1.165, 1.54) is 10.9 Å². The molecule has 0 amide bonds. The molecule has 0 radical (unpaired) electrons. The van der Waals surface area contributed by atoms with Crippen molar-refractivity contribution in [3.63, 3.8) is 0 Å². The molecule has 0 N–H and O–H groups in total. The van der Waals surface area contributed by atoms with E-state index in [1.807, 2.05) is 32.0 Å². The van der Waals surface area contributed by atoms with Crippen LogP contribution in [0.15, 0.2) is 47.5 Å². The Morgan fingerprint density at radius 3 is 2.74 bits per heavy atom. The number of fused-ring (bicyclic) bond motifs is 1. The van der Waals surface area contributed by atoms with Crippen molar-refractivity contribution in [2.24, 2.45) is 0 Å². The van der Waals surface area contributed by atoms with Crippen LogP contribution in [-0.2, 0) is 6.54 Å². The van der Waals surface area contributed by atoms with Crippen LogP contribution in [0.4, 0.5) is 0 Å². The zero-order chi connectivity index (χ0) is 16.6. The third-order valence-electron chi connectivity index (χ3n) is 3.79. The number of halogens is 1. The van der Waals surface area contributed by atoms with Crippen molar-refractivity contribution in [1.82, 2.24) is 9.55 Å². The average Bonchev–Trinajstić information content (AvgIpc) is 2.52. The molecular formula is C18H15ClN2O2. The third kappa shape index (κ3) is 3.03. The lowest BCUT2D eigenvalue weighted by Gasteiger charge is -2.09. The zero-order valence-corrected chi connectivity index (χ0v) is 13.6. The molecule has 2 aromatic carbocycles. The highest BCUT2D eigenvalue weighted by Gasteiger charge is 2.12. The fraction of sp³-hybridized carbons (Fsp3) is 0.167. The standard InChI is InChI=1S/C18H15ClN2O2/c1-11-3-4-12(2)15(7-11)17(22)9-21-10-20-16-8-13(19)5-6-14(16)18(21)23/h3-8,10H,9H2,1-2H3. The minimum Gasteiger partial charge on any atom is -0.292 e. The Balaban J connectivity index is 2.00. The van der Waals surface area contributed by atoms with E-state index in [4.69, 9.17) is 11.6 Å². The first kappa shape index (κ1) is 15.4. The van der Waals surface area contributed by atoms with Crippen LogP contribution in [0.2, 0.25) is 5.02 Å². The molecule has 3 rings (SSSR count). The molecule has 5 heteroatoms. The summed E-state index contributed by atoms with van der Waals surface area (Å²) in [6.45, 7) is 3.79. The summed E-state index contributed by atoms with van der Waals surface area (Å²) in [5.41, 5.74) is 2.82. The van der Waals surface area contributed by atoms with Crippen molar-refractivity contribution >= 4 is 28.3 Å². The van der Waals surface area contributed by atoms with Crippen LogP contribution in [-0.4, -0.2) is 15.3 Å². The molecule has 4 nitrogen and oxygen atoms in total. The second-order valence-corrected chi connectivity index (χ2v) is 6.02. The van der Waals surface area contributed by atoms with E-state index in [9.17, 15) is 9.59 Å². The summed E-state index contributed by atoms with van der Waals surface area (Å²) in [5, 5.41) is 0.972. The second-order valence-electron chi connectivity index (χ2n) is 5.58. The lowest BCUT2D eigenvalue weighted by atomic mass is 10.0. The monoisotopic (exact) mass is 326 g/mol. The Kier molecular flexibility index (Phi) is 4.01. The quantitative estimate of drug-likeness (QED) is 0.692. The molecule has 0 bridgehead atoms. The Bertz CT molecular complexity index is 976. The largest absolute Gasteiger partial charge is 0.292 e. The van der Waals surface area contributed by atoms with Crippen LogP contribution < -0.4 is 5.56 Å². The van der Waals surface area contributed by atoms with E-state index in [0.29, 0.717) is 21.5 Å². The van der Waals surface area contributed by atoms with Gasteiger partial charge in [-0.3, -0.25) is 14.2 Å². The molecule has 0 unspecified atom stereocenters. The van der Waals surface area contributed by atoms with Gasteiger partial charge in [-0.25, -0.2) is 4.98 Å². The lowest BCUT2D eigenvalue weighted by molar-refractivity contribution is 0.0970. The van der Waals surface area contributed by atoms with Gasteiger partial charge in [-0.1, -0.05) is 29.3 Å². The van der Waals surface area contributed by atoms with Gasteiger partial charge in [0.15, 0.2) is 5.78 Å². The fourth-order valence-corrected chi connectivity index (χ4v) is 2.69. The molecule has 116 valence electrons.